The van der Waals surface area contributed by atoms with Gasteiger partial charge in [-0.3, -0.25) is 9.59 Å². The molecule has 1 fully saturated rings. The molecule has 1 saturated heterocycles. The van der Waals surface area contributed by atoms with E-state index in [2.05, 4.69) is 85.3 Å². The molecule has 7 nitrogen and oxygen atoms in total. The molecule has 0 aliphatic carbocycles. The van der Waals surface area contributed by atoms with Crippen molar-refractivity contribution in [3.8, 4) is 0 Å². The van der Waals surface area contributed by atoms with Crippen molar-refractivity contribution < 1.29 is 34.6 Å². The van der Waals surface area contributed by atoms with Gasteiger partial charge in [0.25, 0.3) is 0 Å². The number of rotatable bonds is 7. The predicted octanol–water partition coefficient (Wildman–Crippen LogP) is 5.58. The Hall–Kier alpha value is -4.30. The number of allylic oxidation sites excluding steroid dienone is 4. The van der Waals surface area contributed by atoms with Gasteiger partial charge < -0.3 is 14.5 Å². The molecule has 1 aliphatic heterocycles. The molecule has 1 atom stereocenters. The number of ketones is 2. The molecule has 0 radical (unpaired) electrons. The third-order valence-electron chi connectivity index (χ3n) is 2.12. The van der Waals surface area contributed by atoms with E-state index >= 15 is 0 Å². The number of ether oxygens (including phenoxy) is 1. The minimum absolute atomic E-state index is 0.00926. The van der Waals surface area contributed by atoms with E-state index in [1.54, 1.807) is 6.08 Å². The fourth-order valence-corrected chi connectivity index (χ4v) is 0.876. The zero-order valence-corrected chi connectivity index (χ0v) is 18.6. The minimum atomic E-state index is -0.00926. The lowest BCUT2D eigenvalue weighted by molar-refractivity contribution is -0.197. The molecule has 172 valence electrons. The van der Waals surface area contributed by atoms with E-state index in [0.29, 0.717) is 0 Å². The maximum Gasteiger partial charge on any atom is 0.172 e. The van der Waals surface area contributed by atoms with Crippen LogP contribution in [0.1, 0.15) is 13.8 Å². The van der Waals surface area contributed by atoms with Crippen molar-refractivity contribution in [2.24, 2.45) is 0 Å². The third kappa shape index (κ3) is 40.4. The van der Waals surface area contributed by atoms with Gasteiger partial charge in [0.15, 0.2) is 29.2 Å². The Morgan fingerprint density at radius 2 is 1.12 bits per heavy atom. The Labute approximate surface area is 189 Å². The molecule has 1 rings (SSSR count). The van der Waals surface area contributed by atoms with Crippen LogP contribution < -0.4 is 0 Å². The van der Waals surface area contributed by atoms with Crippen LogP contribution in [0.15, 0.2) is 123 Å². The van der Waals surface area contributed by atoms with Crippen LogP contribution in [-0.2, 0) is 24.1 Å². The second-order valence-electron chi connectivity index (χ2n) is 4.97. The van der Waals surface area contributed by atoms with Crippen LogP contribution in [0.5, 0.6) is 0 Å². The zero-order valence-electron chi connectivity index (χ0n) is 18.6. The van der Waals surface area contributed by atoms with Crippen LogP contribution in [0, 0.1) is 0 Å². The van der Waals surface area contributed by atoms with E-state index in [9.17, 15) is 9.59 Å². The van der Waals surface area contributed by atoms with Crippen molar-refractivity contribution in [1.29, 1.82) is 0 Å². The van der Waals surface area contributed by atoms with Gasteiger partial charge in [-0.05, 0) is 19.9 Å². The van der Waals surface area contributed by atoms with E-state index < -0.39 is 0 Å². The van der Waals surface area contributed by atoms with Crippen molar-refractivity contribution >= 4 is 11.6 Å². The normalized spacial score (nSPS) is 10.5. The van der Waals surface area contributed by atoms with Crippen LogP contribution in [0.4, 0.5) is 0 Å². The number of carbonyl (C=O) groups excluding carboxylic acids is 2. The smallest absolute Gasteiger partial charge is 0.172 e. The summed E-state index contributed by atoms with van der Waals surface area (Å²) in [5.74, 6) is 1.09. The summed E-state index contributed by atoms with van der Waals surface area (Å²) in [5.41, 5.74) is 9.40. The summed E-state index contributed by atoms with van der Waals surface area (Å²) in [6.45, 7) is 29.2. The highest BCUT2D eigenvalue weighted by molar-refractivity contribution is 5.87. The van der Waals surface area contributed by atoms with Gasteiger partial charge >= 0.3 is 0 Å². The van der Waals surface area contributed by atoms with E-state index in [-0.39, 0.29) is 29.2 Å². The first-order valence-electron chi connectivity index (χ1n) is 8.44. The Morgan fingerprint density at radius 3 is 1.16 bits per heavy atom. The predicted molar refractivity (Wildman–Crippen MR) is 126 cm³/mol. The van der Waals surface area contributed by atoms with Gasteiger partial charge in [0.2, 0.25) is 0 Å². The fraction of sp³-hybridized carbons (Fsp3) is 0.120. The van der Waals surface area contributed by atoms with Gasteiger partial charge in [-0.15, -0.1) is 22.9 Å². The summed E-state index contributed by atoms with van der Waals surface area (Å²) in [6, 6.07) is 0. The molecule has 0 saturated carbocycles. The molecule has 32 heavy (non-hydrogen) atoms. The van der Waals surface area contributed by atoms with Crippen LogP contribution in [0.25, 0.3) is 0 Å². The largest absolute Gasteiger partial charge is 0.479 e. The SMILES string of the molecule is C=C=CC(=C)OO.C=C=CC(=C)OO.C=C=CC(C)=O.C=C=CC(C)=O.C=CC1OC1=C. The molecule has 0 spiro atoms. The Kier molecular flexibility index (Phi) is 29.3. The monoisotopic (exact) mass is 442 g/mol. The molecule has 0 amide bonds. The van der Waals surface area contributed by atoms with E-state index in [0.717, 1.165) is 5.76 Å². The van der Waals surface area contributed by atoms with Gasteiger partial charge in [0.05, 0.1) is 0 Å². The average molecular weight is 443 g/mol. The second kappa shape index (κ2) is 26.7. The van der Waals surface area contributed by atoms with Crippen LogP contribution >= 0.6 is 0 Å². The number of hydrogen-bond donors (Lipinski definition) is 2. The van der Waals surface area contributed by atoms with Crippen molar-refractivity contribution in [2.75, 3.05) is 0 Å². The van der Waals surface area contributed by atoms with Crippen LogP contribution in [0.2, 0.25) is 0 Å². The summed E-state index contributed by atoms with van der Waals surface area (Å²) in [7, 11) is 0. The van der Waals surface area contributed by atoms with Crippen molar-refractivity contribution in [2.45, 2.75) is 20.0 Å². The molecule has 7 heteroatoms. The first-order valence-corrected chi connectivity index (χ1v) is 8.44. The highest BCUT2D eigenvalue weighted by Gasteiger charge is 2.25. The lowest BCUT2D eigenvalue weighted by atomic mass is 10.4. The summed E-state index contributed by atoms with van der Waals surface area (Å²) in [4.78, 5) is 27.0. The lowest BCUT2D eigenvalue weighted by Gasteiger charge is -1.86. The third-order valence-corrected chi connectivity index (χ3v) is 2.12. The lowest BCUT2D eigenvalue weighted by Crippen LogP contribution is -1.75. The summed E-state index contributed by atoms with van der Waals surface area (Å²) < 4.78 is 4.75. The van der Waals surface area contributed by atoms with Crippen molar-refractivity contribution in [1.82, 2.24) is 0 Å². The molecule has 2 N–H and O–H groups in total. The number of epoxide rings is 1. The van der Waals surface area contributed by atoms with Crippen LogP contribution in [-0.4, -0.2) is 28.2 Å². The van der Waals surface area contributed by atoms with Gasteiger partial charge in [0.1, 0.15) is 5.76 Å². The van der Waals surface area contributed by atoms with E-state index in [1.165, 1.54) is 38.2 Å². The first kappa shape index (κ1) is 35.2. The van der Waals surface area contributed by atoms with E-state index in [4.69, 9.17) is 15.3 Å². The molecule has 0 aromatic heterocycles. The topological polar surface area (TPSA) is 106 Å². The molecule has 1 aliphatic rings. The first-order chi connectivity index (χ1) is 15.0. The maximum atomic E-state index is 9.89. The molecule has 1 unspecified atom stereocenters. The average Bonchev–Trinajstić information content (AvgIpc) is 3.45. The summed E-state index contributed by atoms with van der Waals surface area (Å²) in [5, 5.41) is 15.5. The van der Waals surface area contributed by atoms with E-state index in [1.807, 2.05) is 0 Å². The summed E-state index contributed by atoms with van der Waals surface area (Å²) in [6.07, 6.45) is 7.12. The Bertz CT molecular complexity index is 778. The Balaban J connectivity index is -0.000000153. The molecule has 0 aromatic carbocycles. The summed E-state index contributed by atoms with van der Waals surface area (Å²) >= 11 is 0. The molecule has 0 aromatic rings. The van der Waals surface area contributed by atoms with Gasteiger partial charge in [0, 0.05) is 24.3 Å². The van der Waals surface area contributed by atoms with Crippen molar-refractivity contribution in [3.63, 3.8) is 0 Å². The fourth-order valence-electron chi connectivity index (χ4n) is 0.876. The maximum absolute atomic E-state index is 9.89. The number of carbonyl (C=O) groups is 2. The second-order valence-corrected chi connectivity index (χ2v) is 4.97. The Morgan fingerprint density at radius 1 is 0.844 bits per heavy atom. The molecular weight excluding hydrogens is 412 g/mol. The molecule has 1 heterocycles. The van der Waals surface area contributed by atoms with Gasteiger partial charge in [-0.25, -0.2) is 10.5 Å². The highest BCUT2D eigenvalue weighted by atomic mass is 17.1. The number of hydrogen-bond acceptors (Lipinski definition) is 7. The standard InChI is InChI=1S/2C5H6O2.3C5H6O/c2*1-3-4-5(2)7-6;1-3-5-4(2)6-5;2*1-3-4-5(2)6/h2*4,6H,1-2H2;3,5H,1-2H2;2*4H,1H2,2H3. The zero-order chi connectivity index (χ0) is 25.9. The minimum Gasteiger partial charge on any atom is -0.479 e. The van der Waals surface area contributed by atoms with Gasteiger partial charge in [-0.1, -0.05) is 52.6 Å². The quantitative estimate of drug-likeness (QED) is 0.0775. The van der Waals surface area contributed by atoms with Crippen LogP contribution in [0.3, 0.4) is 0 Å². The van der Waals surface area contributed by atoms with Gasteiger partial charge in [-0.2, -0.15) is 0 Å². The molecule has 0 bridgehead atoms. The molecular formula is C25H30O7. The highest BCUT2D eigenvalue weighted by Crippen LogP contribution is 2.24. The van der Waals surface area contributed by atoms with Crippen molar-refractivity contribution in [3.05, 3.63) is 123 Å².